The minimum atomic E-state index is -2.83. The Morgan fingerprint density at radius 3 is 0.758 bits per heavy atom. The fourth-order valence-corrected chi connectivity index (χ4v) is 22.6. The maximum atomic E-state index is 14.2. The molecule has 0 aliphatic carbocycles. The van der Waals surface area contributed by atoms with Crippen LogP contribution in [0.2, 0.25) is 13.3 Å². The molecule has 7 rings (SSSR count). The third kappa shape index (κ3) is 9.40. The Bertz CT molecular complexity index is 2660. The number of hydrogen-bond donors (Lipinski definition) is 0. The summed E-state index contributed by atoms with van der Waals surface area (Å²) in [6.45, 7) is 6.56. The van der Waals surface area contributed by atoms with Crippen LogP contribution in [0, 0.1) is 87.3 Å². The van der Waals surface area contributed by atoms with Gasteiger partial charge in [0.25, 0.3) is 0 Å². The van der Waals surface area contributed by atoms with Crippen LogP contribution in [0.3, 0.4) is 0 Å². The molecule has 352 valence electrons. The summed E-state index contributed by atoms with van der Waals surface area (Å²) in [7, 11) is 0. The van der Waals surface area contributed by atoms with Gasteiger partial charge in [0.15, 0.2) is 58.1 Å². The van der Waals surface area contributed by atoms with Gasteiger partial charge in [-0.1, -0.05) is 0 Å². The fourth-order valence-electron chi connectivity index (χ4n) is 7.32. The minimum Gasteiger partial charge on any atom is -0.453 e. The normalized spacial score (nSPS) is 11.7. The van der Waals surface area contributed by atoms with Crippen molar-refractivity contribution in [2.75, 3.05) is 0 Å². The molecule has 0 unspecified atom stereocenters. The van der Waals surface area contributed by atoms with Crippen molar-refractivity contribution in [1.29, 1.82) is 0 Å². The van der Waals surface area contributed by atoms with Crippen LogP contribution in [0.5, 0.6) is 0 Å². The van der Waals surface area contributed by atoms with Crippen molar-refractivity contribution in [2.24, 2.45) is 0 Å². The van der Waals surface area contributed by atoms with E-state index in [1.807, 2.05) is 6.07 Å². The molecule has 4 aromatic heterocycles. The topological polar surface area (TPSA) is 52.6 Å². The van der Waals surface area contributed by atoms with E-state index >= 15 is 0 Å². The number of hydrogen-bond acceptors (Lipinski definition) is 4. The molecule has 7 aromatic rings. The Kier molecular flexibility index (Phi) is 15.6. The maximum Gasteiger partial charge on any atom is 0.200 e. The van der Waals surface area contributed by atoms with Gasteiger partial charge in [0.1, 0.15) is 11.5 Å². The smallest absolute Gasteiger partial charge is 0.200 e. The van der Waals surface area contributed by atoms with Crippen LogP contribution in [0.25, 0.3) is 57.0 Å². The van der Waals surface area contributed by atoms with Crippen LogP contribution in [0.1, 0.15) is 59.3 Å². The largest absolute Gasteiger partial charge is 0.453 e. The predicted molar refractivity (Wildman–Crippen MR) is 213 cm³/mol. The number of halogens is 15. The van der Waals surface area contributed by atoms with Gasteiger partial charge in [-0.15, -0.1) is 0 Å². The van der Waals surface area contributed by atoms with Crippen LogP contribution >= 0.6 is 0 Å². The summed E-state index contributed by atoms with van der Waals surface area (Å²) in [5, 5.41) is 0. The van der Waals surface area contributed by atoms with Crippen molar-refractivity contribution in [1.82, 2.24) is 0 Å². The zero-order valence-corrected chi connectivity index (χ0v) is 37.6. The van der Waals surface area contributed by atoms with E-state index in [9.17, 15) is 65.9 Å². The van der Waals surface area contributed by atoms with E-state index < -0.39 is 151 Å². The van der Waals surface area contributed by atoms with Crippen LogP contribution in [-0.2, 0) is 0 Å². The second-order valence-electron chi connectivity index (χ2n) is 15.1. The van der Waals surface area contributed by atoms with Crippen molar-refractivity contribution in [3.8, 4) is 57.0 Å². The van der Waals surface area contributed by atoms with Gasteiger partial charge < -0.3 is 8.83 Å². The predicted octanol–water partition coefficient (Wildman–Crippen LogP) is 16.2. The van der Waals surface area contributed by atoms with Gasteiger partial charge >= 0.3 is 202 Å². The molecule has 0 spiro atoms. The molecule has 0 radical (unpaired) electrons. The molecule has 0 atom stereocenters. The van der Waals surface area contributed by atoms with Crippen molar-refractivity contribution < 1.29 is 83.5 Å². The van der Waals surface area contributed by atoms with Gasteiger partial charge in [-0.25, -0.2) is 43.9 Å². The Hall–Kier alpha value is -5.47. The van der Waals surface area contributed by atoms with Gasteiger partial charge in [0.2, 0.25) is 11.6 Å². The van der Waals surface area contributed by atoms with Crippen molar-refractivity contribution in [3.63, 3.8) is 0 Å². The average Bonchev–Trinajstić information content (AvgIpc) is 4.17. The zero-order valence-electron chi connectivity index (χ0n) is 34.8. The first kappa shape index (κ1) is 50.0. The van der Waals surface area contributed by atoms with Gasteiger partial charge in [0, 0.05) is 0 Å². The molecule has 0 fully saturated rings. The summed E-state index contributed by atoms with van der Waals surface area (Å²) in [6, 6.07) is 9.94. The summed E-state index contributed by atoms with van der Waals surface area (Å²) in [5.74, 6) is -34.7. The third-order valence-corrected chi connectivity index (χ3v) is 25.8. The SMILES string of the molecule is CCC[CH2][Sn]([CH2]CCC)([CH2]CCC)[c]1ccc(-c2ccc(-c3c(F)c(F)c(F)c(F)c3F)o2)o1.Fc1c(F)c(F)c(-c2ccc(-c3ccc(-c4c(F)c(F)c(F)c(F)c4F)o3)o2)c(F)c1F. The quantitative estimate of drug-likeness (QED) is 0.0444. The van der Waals surface area contributed by atoms with Crippen LogP contribution in [0.15, 0.2) is 66.2 Å². The van der Waals surface area contributed by atoms with Crippen LogP contribution < -0.4 is 3.78 Å². The average molecular weight is 1060 g/mol. The van der Waals surface area contributed by atoms with E-state index in [1.54, 1.807) is 6.07 Å². The molecule has 3 aromatic carbocycles. The second-order valence-corrected chi connectivity index (χ2v) is 28.1. The van der Waals surface area contributed by atoms with E-state index in [-0.39, 0.29) is 5.76 Å². The van der Waals surface area contributed by atoms with Crippen molar-refractivity contribution in [2.45, 2.75) is 72.6 Å². The van der Waals surface area contributed by atoms with E-state index in [2.05, 4.69) is 20.8 Å². The molecule has 0 amide bonds. The van der Waals surface area contributed by atoms with E-state index in [0.29, 0.717) is 5.76 Å². The van der Waals surface area contributed by atoms with E-state index in [4.69, 9.17) is 17.7 Å². The molecule has 0 saturated carbocycles. The number of benzene rings is 3. The summed E-state index contributed by atoms with van der Waals surface area (Å²) in [5.41, 5.74) is -3.87. The molecule has 0 aliphatic heterocycles. The first-order valence-electron chi connectivity index (χ1n) is 20.3. The zero-order chi connectivity index (χ0) is 48.4. The first-order chi connectivity index (χ1) is 31.3. The van der Waals surface area contributed by atoms with Crippen molar-refractivity contribution in [3.05, 3.63) is 136 Å². The van der Waals surface area contributed by atoms with E-state index in [0.717, 1.165) is 66.6 Å². The monoisotopic (exact) mass is 1060 g/mol. The van der Waals surface area contributed by atoms with Crippen LogP contribution in [-0.4, -0.2) is 18.4 Å². The molecule has 0 N–H and O–H groups in total. The summed E-state index contributed by atoms with van der Waals surface area (Å²) >= 11 is -2.83. The van der Waals surface area contributed by atoms with Crippen molar-refractivity contribution >= 4 is 22.2 Å². The van der Waals surface area contributed by atoms with Gasteiger partial charge in [0.05, 0.1) is 11.1 Å². The molecule has 4 nitrogen and oxygen atoms in total. The second kappa shape index (κ2) is 20.6. The van der Waals surface area contributed by atoms with Crippen LogP contribution in [0.4, 0.5) is 65.9 Å². The Morgan fingerprint density at radius 2 is 0.500 bits per heavy atom. The molecular formula is C46H35F15O4Sn. The van der Waals surface area contributed by atoms with Gasteiger partial charge in [-0.2, -0.15) is 0 Å². The Balaban J connectivity index is 0.000000219. The number of unbranched alkanes of at least 4 members (excludes halogenated alkanes) is 3. The third-order valence-electron chi connectivity index (χ3n) is 10.8. The molecule has 0 aliphatic rings. The Morgan fingerprint density at radius 1 is 0.288 bits per heavy atom. The standard InChI is InChI=1S/C20H4F10O2.C14H4F5O2.3C4H9.Sn/c21-11-9(12(22)16(26)19(29)15(11)25)7-3-1-5(31-7)6-2-4-8(32-6)10-13(23)17(27)20(30)18(28)14(10)24;15-10-9(11(16)13(18)14(19)12(10)17)8-4-3-7(21-8)6-2-1-5-20-6;3*1-3-4-2;/h1-4H;1-4H;3*1,3-4H2,2H3;. The molecular weight excluding hydrogens is 1020 g/mol. The molecule has 0 saturated heterocycles. The molecule has 4 heterocycles. The van der Waals surface area contributed by atoms with E-state index in [1.165, 1.54) is 25.4 Å². The maximum absolute atomic E-state index is 14.2. The fraction of sp³-hybridized carbons (Fsp3) is 0.261. The number of furan rings is 4. The summed E-state index contributed by atoms with van der Waals surface area (Å²) in [6.07, 6.45) is 6.83. The summed E-state index contributed by atoms with van der Waals surface area (Å²) < 4.78 is 231. The number of rotatable bonds is 15. The molecule has 66 heavy (non-hydrogen) atoms. The molecule has 20 heteroatoms. The summed E-state index contributed by atoms with van der Waals surface area (Å²) in [4.78, 5) is 0. The first-order valence-corrected chi connectivity index (χ1v) is 27.8. The Labute approximate surface area is 369 Å². The minimum absolute atomic E-state index is 0.187. The van der Waals surface area contributed by atoms with Gasteiger partial charge in [-0.3, -0.25) is 0 Å². The van der Waals surface area contributed by atoms with Gasteiger partial charge in [-0.05, 0) is 24.3 Å². The molecule has 0 bridgehead atoms.